The van der Waals surface area contributed by atoms with Crippen molar-refractivity contribution in [3.05, 3.63) is 77.9 Å². The number of benzene rings is 3. The third kappa shape index (κ3) is 2.32. The lowest BCUT2D eigenvalue weighted by molar-refractivity contribution is 0.106. The summed E-state index contributed by atoms with van der Waals surface area (Å²) in [6.45, 7) is 0. The van der Waals surface area contributed by atoms with Crippen LogP contribution in [0, 0.1) is 0 Å². The first-order chi connectivity index (χ1) is 11.7. The first-order valence-electron chi connectivity index (χ1n) is 7.50. The van der Waals surface area contributed by atoms with Crippen LogP contribution in [0.1, 0.15) is 15.9 Å². The van der Waals surface area contributed by atoms with Crippen molar-refractivity contribution in [2.24, 2.45) is 5.10 Å². The molecule has 116 valence electrons. The standard InChI is InChI=1S/C19H13N3O2/c23-18-15-11-5-7-12-6-4-10-14(16(12)15)17(18)21-22-19(24)20-13-8-2-1-3-9-13/h1-11H,(H2,20,22,24)/b21-17-. The Bertz CT molecular complexity index is 989. The van der Waals surface area contributed by atoms with E-state index in [-0.39, 0.29) is 11.5 Å². The molecule has 2 amide bonds. The number of ketones is 1. The van der Waals surface area contributed by atoms with Crippen molar-refractivity contribution in [3.8, 4) is 0 Å². The van der Waals surface area contributed by atoms with Crippen LogP contribution in [0.4, 0.5) is 10.5 Å². The minimum absolute atomic E-state index is 0.179. The number of anilines is 1. The first kappa shape index (κ1) is 14.1. The normalized spacial score (nSPS) is 14.2. The van der Waals surface area contributed by atoms with Gasteiger partial charge in [0.05, 0.1) is 0 Å². The molecule has 1 aliphatic rings. The van der Waals surface area contributed by atoms with Crippen LogP contribution in [0.3, 0.4) is 0 Å². The van der Waals surface area contributed by atoms with E-state index in [1.165, 1.54) is 0 Å². The summed E-state index contributed by atoms with van der Waals surface area (Å²) >= 11 is 0. The van der Waals surface area contributed by atoms with Gasteiger partial charge in [-0.15, -0.1) is 0 Å². The summed E-state index contributed by atoms with van der Waals surface area (Å²) in [5, 5.41) is 8.57. The molecule has 0 atom stereocenters. The Kier molecular flexibility index (Phi) is 3.31. The summed E-state index contributed by atoms with van der Waals surface area (Å²) in [4.78, 5) is 24.5. The maximum Gasteiger partial charge on any atom is 0.339 e. The van der Waals surface area contributed by atoms with Crippen molar-refractivity contribution in [3.63, 3.8) is 0 Å². The molecular weight excluding hydrogens is 302 g/mol. The van der Waals surface area contributed by atoms with E-state index in [1.807, 2.05) is 48.5 Å². The number of hydrogen-bond donors (Lipinski definition) is 2. The van der Waals surface area contributed by atoms with Crippen LogP contribution in [0.2, 0.25) is 0 Å². The zero-order valence-electron chi connectivity index (χ0n) is 12.6. The minimum Gasteiger partial charge on any atom is -0.307 e. The van der Waals surface area contributed by atoms with Crippen molar-refractivity contribution in [2.45, 2.75) is 0 Å². The molecule has 24 heavy (non-hydrogen) atoms. The maximum atomic E-state index is 12.5. The Morgan fingerprint density at radius 1 is 0.833 bits per heavy atom. The monoisotopic (exact) mass is 315 g/mol. The molecule has 4 rings (SSSR count). The van der Waals surface area contributed by atoms with Crippen LogP contribution in [0.25, 0.3) is 10.8 Å². The summed E-state index contributed by atoms with van der Waals surface area (Å²) in [5.74, 6) is -0.179. The molecule has 5 heteroatoms. The van der Waals surface area contributed by atoms with Crippen molar-refractivity contribution in [2.75, 3.05) is 5.32 Å². The topological polar surface area (TPSA) is 70.6 Å². The number of carbonyl (C=O) groups excluding carboxylic acids is 2. The molecule has 1 aliphatic carbocycles. The molecular formula is C19H13N3O2. The number of para-hydroxylation sites is 1. The fourth-order valence-corrected chi connectivity index (χ4v) is 2.88. The van der Waals surface area contributed by atoms with E-state index in [9.17, 15) is 9.59 Å². The van der Waals surface area contributed by atoms with E-state index >= 15 is 0 Å². The van der Waals surface area contributed by atoms with Gasteiger partial charge in [-0.05, 0) is 17.5 Å². The molecule has 0 aliphatic heterocycles. The molecule has 0 fully saturated rings. The van der Waals surface area contributed by atoms with Crippen LogP contribution in [0.15, 0.2) is 71.8 Å². The van der Waals surface area contributed by atoms with Gasteiger partial charge < -0.3 is 5.32 Å². The van der Waals surface area contributed by atoms with Crippen LogP contribution in [0.5, 0.6) is 0 Å². The van der Waals surface area contributed by atoms with Gasteiger partial charge in [0.15, 0.2) is 0 Å². The summed E-state index contributed by atoms with van der Waals surface area (Å²) < 4.78 is 0. The average Bonchev–Trinajstić information content (AvgIpc) is 2.88. The lowest BCUT2D eigenvalue weighted by Gasteiger charge is -2.04. The lowest BCUT2D eigenvalue weighted by Crippen LogP contribution is -2.26. The molecule has 0 spiro atoms. The molecule has 0 radical (unpaired) electrons. The molecule has 5 nitrogen and oxygen atoms in total. The van der Waals surface area contributed by atoms with Gasteiger partial charge in [0.2, 0.25) is 5.78 Å². The van der Waals surface area contributed by atoms with Gasteiger partial charge in [0.25, 0.3) is 0 Å². The molecule has 2 N–H and O–H groups in total. The zero-order valence-corrected chi connectivity index (χ0v) is 12.6. The number of carbonyl (C=O) groups is 2. The largest absolute Gasteiger partial charge is 0.339 e. The molecule has 0 saturated heterocycles. The number of Topliss-reactive ketones (excluding diaryl/α,β-unsaturated/α-hetero) is 1. The Balaban J connectivity index is 1.61. The molecule has 0 saturated carbocycles. The first-order valence-corrected chi connectivity index (χ1v) is 7.50. The number of hydrazone groups is 1. The van der Waals surface area contributed by atoms with Crippen molar-refractivity contribution in [1.82, 2.24) is 5.43 Å². The zero-order chi connectivity index (χ0) is 16.5. The number of urea groups is 1. The van der Waals surface area contributed by atoms with Crippen molar-refractivity contribution >= 4 is 34.0 Å². The van der Waals surface area contributed by atoms with Gasteiger partial charge in [-0.1, -0.05) is 54.6 Å². The third-order valence-electron chi connectivity index (χ3n) is 3.92. The summed E-state index contributed by atoms with van der Waals surface area (Å²) in [6, 6.07) is 19.8. The Hall–Kier alpha value is -3.47. The Labute approximate surface area is 138 Å². The maximum absolute atomic E-state index is 12.5. The average molecular weight is 315 g/mol. The van der Waals surface area contributed by atoms with Gasteiger partial charge in [0.1, 0.15) is 5.71 Å². The molecule has 3 aromatic rings. The number of amides is 2. The lowest BCUT2D eigenvalue weighted by atomic mass is 10.1. The number of nitrogens with zero attached hydrogens (tertiary/aromatic N) is 1. The summed E-state index contributed by atoms with van der Waals surface area (Å²) in [7, 11) is 0. The highest BCUT2D eigenvalue weighted by atomic mass is 16.2. The summed E-state index contributed by atoms with van der Waals surface area (Å²) in [5.41, 5.74) is 4.67. The van der Waals surface area contributed by atoms with Gasteiger partial charge in [0, 0.05) is 22.2 Å². The van der Waals surface area contributed by atoms with Crippen LogP contribution < -0.4 is 10.7 Å². The van der Waals surface area contributed by atoms with E-state index in [0.717, 1.165) is 16.3 Å². The highest BCUT2D eigenvalue weighted by molar-refractivity contribution is 6.59. The van der Waals surface area contributed by atoms with Crippen molar-refractivity contribution < 1.29 is 9.59 Å². The molecule has 0 unspecified atom stereocenters. The summed E-state index contributed by atoms with van der Waals surface area (Å²) in [6.07, 6.45) is 0. The third-order valence-corrected chi connectivity index (χ3v) is 3.92. The quantitative estimate of drug-likeness (QED) is 0.710. The van der Waals surface area contributed by atoms with Crippen LogP contribution in [-0.4, -0.2) is 17.5 Å². The fourth-order valence-electron chi connectivity index (χ4n) is 2.88. The molecule has 0 bridgehead atoms. The van der Waals surface area contributed by atoms with Crippen LogP contribution in [-0.2, 0) is 0 Å². The smallest absolute Gasteiger partial charge is 0.307 e. The molecule has 0 heterocycles. The predicted octanol–water partition coefficient (Wildman–Crippen LogP) is 3.56. The second kappa shape index (κ2) is 5.62. The highest BCUT2D eigenvalue weighted by Crippen LogP contribution is 2.30. The minimum atomic E-state index is -0.496. The van der Waals surface area contributed by atoms with E-state index < -0.39 is 6.03 Å². The van der Waals surface area contributed by atoms with Gasteiger partial charge in [-0.2, -0.15) is 5.10 Å². The molecule has 0 aromatic heterocycles. The highest BCUT2D eigenvalue weighted by Gasteiger charge is 2.28. The van der Waals surface area contributed by atoms with Gasteiger partial charge in [-0.25, -0.2) is 10.2 Å². The number of nitrogens with one attached hydrogen (secondary N) is 2. The fraction of sp³-hybridized carbons (Fsp3) is 0. The Morgan fingerprint density at radius 3 is 2.29 bits per heavy atom. The second-order valence-corrected chi connectivity index (χ2v) is 5.43. The number of hydrogen-bond acceptors (Lipinski definition) is 3. The van der Waals surface area contributed by atoms with Gasteiger partial charge in [-0.3, -0.25) is 4.79 Å². The van der Waals surface area contributed by atoms with E-state index in [1.54, 1.807) is 18.2 Å². The number of rotatable bonds is 2. The van der Waals surface area contributed by atoms with E-state index in [0.29, 0.717) is 11.3 Å². The van der Waals surface area contributed by atoms with Crippen molar-refractivity contribution in [1.29, 1.82) is 0 Å². The van der Waals surface area contributed by atoms with Gasteiger partial charge >= 0.3 is 6.03 Å². The van der Waals surface area contributed by atoms with E-state index in [4.69, 9.17) is 0 Å². The predicted molar refractivity (Wildman–Crippen MR) is 93.4 cm³/mol. The second-order valence-electron chi connectivity index (χ2n) is 5.43. The Morgan fingerprint density at radius 2 is 1.54 bits per heavy atom. The van der Waals surface area contributed by atoms with E-state index in [2.05, 4.69) is 15.8 Å². The molecule has 3 aromatic carbocycles. The SMILES string of the molecule is O=C(N/N=C1\C(=O)c2cccc3cccc1c23)Nc1ccccc1. The van der Waals surface area contributed by atoms with Crippen LogP contribution >= 0.6 is 0 Å².